The molecular formula is C20H20N2O3S2. The number of benzene rings is 2. The third-order valence-corrected chi connectivity index (χ3v) is 8.02. The molecule has 1 aromatic heterocycles. The van der Waals surface area contributed by atoms with Crippen LogP contribution in [0.1, 0.15) is 41.0 Å². The van der Waals surface area contributed by atoms with Crippen molar-refractivity contribution in [2.75, 3.05) is 13.1 Å². The lowest BCUT2D eigenvalue weighted by Gasteiger charge is -2.31. The Morgan fingerprint density at radius 1 is 1.15 bits per heavy atom. The van der Waals surface area contributed by atoms with E-state index in [9.17, 15) is 13.2 Å². The van der Waals surface area contributed by atoms with E-state index in [1.807, 2.05) is 24.3 Å². The fourth-order valence-corrected chi connectivity index (χ4v) is 6.05. The molecule has 1 saturated heterocycles. The van der Waals surface area contributed by atoms with Crippen molar-refractivity contribution in [3.8, 4) is 0 Å². The topological polar surface area (TPSA) is 67.3 Å². The number of sulfonamides is 1. The Hall–Kier alpha value is -2.09. The number of hydrogen-bond acceptors (Lipinski definition) is 5. The standard InChI is InChI=1S/C20H20N2O3S2/c1-14(23)15-8-10-17(11-9-15)27(24,25)22-12-4-5-16(13-22)20-21-18-6-2-3-7-19(18)26-20/h2-3,6-11,16H,4-5,12-13H2,1H3. The maximum Gasteiger partial charge on any atom is 0.243 e. The highest BCUT2D eigenvalue weighted by Crippen LogP contribution is 2.34. The number of hydrogen-bond donors (Lipinski definition) is 0. The zero-order valence-corrected chi connectivity index (χ0v) is 16.6. The predicted molar refractivity (Wildman–Crippen MR) is 107 cm³/mol. The third kappa shape index (κ3) is 3.54. The second-order valence-corrected chi connectivity index (χ2v) is 9.80. The minimum Gasteiger partial charge on any atom is -0.295 e. The number of piperidine rings is 1. The van der Waals surface area contributed by atoms with Crippen molar-refractivity contribution in [1.82, 2.24) is 9.29 Å². The van der Waals surface area contributed by atoms with Crippen molar-refractivity contribution in [1.29, 1.82) is 0 Å². The molecule has 2 aromatic carbocycles. The van der Waals surface area contributed by atoms with Gasteiger partial charge in [0.25, 0.3) is 0 Å². The van der Waals surface area contributed by atoms with Gasteiger partial charge in [-0.3, -0.25) is 4.79 Å². The highest BCUT2D eigenvalue weighted by molar-refractivity contribution is 7.89. The van der Waals surface area contributed by atoms with E-state index in [1.165, 1.54) is 19.1 Å². The summed E-state index contributed by atoms with van der Waals surface area (Å²) >= 11 is 1.65. The fourth-order valence-electron chi connectivity index (χ4n) is 3.44. The van der Waals surface area contributed by atoms with Crippen LogP contribution in [0.4, 0.5) is 0 Å². The van der Waals surface area contributed by atoms with Crippen molar-refractivity contribution in [2.45, 2.75) is 30.6 Å². The summed E-state index contributed by atoms with van der Waals surface area (Å²) in [5.74, 6) is 0.0373. The van der Waals surface area contributed by atoms with Gasteiger partial charge < -0.3 is 0 Å². The third-order valence-electron chi connectivity index (χ3n) is 4.94. The first-order valence-corrected chi connectivity index (χ1v) is 11.2. The van der Waals surface area contributed by atoms with E-state index in [-0.39, 0.29) is 16.6 Å². The second-order valence-electron chi connectivity index (χ2n) is 6.80. The first kappa shape index (κ1) is 18.3. The van der Waals surface area contributed by atoms with Crippen LogP contribution in [0.5, 0.6) is 0 Å². The van der Waals surface area contributed by atoms with Crippen LogP contribution in [0.3, 0.4) is 0 Å². The molecule has 0 spiro atoms. The van der Waals surface area contributed by atoms with Gasteiger partial charge in [0, 0.05) is 24.6 Å². The Bertz CT molecular complexity index is 1050. The molecule has 0 aliphatic carbocycles. The number of rotatable bonds is 4. The van der Waals surface area contributed by atoms with Crippen LogP contribution in [0.15, 0.2) is 53.4 Å². The average molecular weight is 401 g/mol. The van der Waals surface area contributed by atoms with Crippen LogP contribution in [0, 0.1) is 0 Å². The molecular weight excluding hydrogens is 380 g/mol. The molecule has 0 amide bonds. The van der Waals surface area contributed by atoms with E-state index in [0.29, 0.717) is 18.7 Å². The van der Waals surface area contributed by atoms with Gasteiger partial charge in [0.05, 0.1) is 20.1 Å². The molecule has 0 N–H and O–H groups in total. The summed E-state index contributed by atoms with van der Waals surface area (Å²) < 4.78 is 28.8. The summed E-state index contributed by atoms with van der Waals surface area (Å²) in [6.07, 6.45) is 1.75. The number of fused-ring (bicyclic) bond motifs is 1. The molecule has 2 heterocycles. The summed E-state index contributed by atoms with van der Waals surface area (Å²) in [6, 6.07) is 14.2. The Labute approximate surface area is 162 Å². The maximum atomic E-state index is 13.0. The minimum absolute atomic E-state index is 0.0761. The molecule has 7 heteroatoms. The summed E-state index contributed by atoms with van der Waals surface area (Å²) in [5.41, 5.74) is 1.48. The molecule has 0 saturated carbocycles. The molecule has 1 fully saturated rings. The van der Waals surface area contributed by atoms with Gasteiger partial charge in [-0.25, -0.2) is 13.4 Å². The van der Waals surface area contributed by atoms with Crippen molar-refractivity contribution >= 4 is 37.4 Å². The summed E-state index contributed by atoms with van der Waals surface area (Å²) in [5, 5.41) is 1.00. The molecule has 5 nitrogen and oxygen atoms in total. The molecule has 1 unspecified atom stereocenters. The molecule has 1 aliphatic heterocycles. The Balaban J connectivity index is 1.58. The normalized spacial score (nSPS) is 18.6. The number of nitrogens with zero attached hydrogens (tertiary/aromatic N) is 2. The lowest BCUT2D eigenvalue weighted by atomic mass is 10.0. The largest absolute Gasteiger partial charge is 0.295 e. The molecule has 4 rings (SSSR count). The van der Waals surface area contributed by atoms with Gasteiger partial charge in [0.2, 0.25) is 10.0 Å². The van der Waals surface area contributed by atoms with Gasteiger partial charge in [-0.15, -0.1) is 11.3 Å². The van der Waals surface area contributed by atoms with E-state index in [0.717, 1.165) is 28.1 Å². The summed E-state index contributed by atoms with van der Waals surface area (Å²) in [7, 11) is -3.58. The van der Waals surface area contributed by atoms with Gasteiger partial charge in [-0.05, 0) is 44.0 Å². The van der Waals surface area contributed by atoms with Crippen LogP contribution in [0.25, 0.3) is 10.2 Å². The molecule has 0 bridgehead atoms. The minimum atomic E-state index is -3.58. The smallest absolute Gasteiger partial charge is 0.243 e. The van der Waals surface area contributed by atoms with Crippen LogP contribution in [0.2, 0.25) is 0 Å². The highest BCUT2D eigenvalue weighted by Gasteiger charge is 2.32. The quantitative estimate of drug-likeness (QED) is 0.619. The first-order chi connectivity index (χ1) is 12.9. The molecule has 140 valence electrons. The molecule has 1 atom stereocenters. The van der Waals surface area contributed by atoms with Gasteiger partial charge in [0.15, 0.2) is 5.78 Å². The molecule has 1 aliphatic rings. The number of carbonyl (C=O) groups is 1. The average Bonchev–Trinajstić information content (AvgIpc) is 3.12. The maximum absolute atomic E-state index is 13.0. The van der Waals surface area contributed by atoms with Crippen molar-refractivity contribution in [3.05, 3.63) is 59.1 Å². The van der Waals surface area contributed by atoms with Crippen LogP contribution < -0.4 is 0 Å². The Morgan fingerprint density at radius 3 is 2.59 bits per heavy atom. The highest BCUT2D eigenvalue weighted by atomic mass is 32.2. The SMILES string of the molecule is CC(=O)c1ccc(S(=O)(=O)N2CCCC(c3nc4ccccc4s3)C2)cc1. The van der Waals surface area contributed by atoms with E-state index < -0.39 is 10.0 Å². The number of para-hydroxylation sites is 1. The van der Waals surface area contributed by atoms with E-state index in [2.05, 4.69) is 0 Å². The van der Waals surface area contributed by atoms with Gasteiger partial charge in [-0.2, -0.15) is 4.31 Å². The van der Waals surface area contributed by atoms with Gasteiger partial charge in [0.1, 0.15) is 0 Å². The van der Waals surface area contributed by atoms with Crippen molar-refractivity contribution in [2.24, 2.45) is 0 Å². The van der Waals surface area contributed by atoms with Gasteiger partial charge >= 0.3 is 0 Å². The lowest BCUT2D eigenvalue weighted by molar-refractivity contribution is 0.101. The van der Waals surface area contributed by atoms with E-state index in [1.54, 1.807) is 27.8 Å². The number of aromatic nitrogens is 1. The fraction of sp³-hybridized carbons (Fsp3) is 0.300. The number of carbonyl (C=O) groups excluding carboxylic acids is 1. The first-order valence-electron chi connectivity index (χ1n) is 8.92. The number of Topliss-reactive ketones (excluding diaryl/α,β-unsaturated/α-hetero) is 1. The van der Waals surface area contributed by atoms with Gasteiger partial charge in [-0.1, -0.05) is 24.3 Å². The van der Waals surface area contributed by atoms with E-state index >= 15 is 0 Å². The van der Waals surface area contributed by atoms with Crippen LogP contribution >= 0.6 is 11.3 Å². The number of thiazole rings is 1. The Kier molecular flexibility index (Phi) is 4.84. The summed E-state index contributed by atoms with van der Waals surface area (Å²) in [4.78, 5) is 16.4. The van der Waals surface area contributed by atoms with E-state index in [4.69, 9.17) is 4.98 Å². The monoisotopic (exact) mass is 400 g/mol. The van der Waals surface area contributed by atoms with Crippen LogP contribution in [-0.4, -0.2) is 36.6 Å². The zero-order chi connectivity index (χ0) is 19.0. The molecule has 0 radical (unpaired) electrons. The number of ketones is 1. The molecule has 3 aromatic rings. The lowest BCUT2D eigenvalue weighted by Crippen LogP contribution is -2.39. The predicted octanol–water partition coefficient (Wildman–Crippen LogP) is 4.07. The molecule has 27 heavy (non-hydrogen) atoms. The summed E-state index contributed by atoms with van der Waals surface area (Å²) in [6.45, 7) is 2.42. The second kappa shape index (κ2) is 7.14. The van der Waals surface area contributed by atoms with Crippen molar-refractivity contribution in [3.63, 3.8) is 0 Å². The Morgan fingerprint density at radius 2 is 1.89 bits per heavy atom. The van der Waals surface area contributed by atoms with Crippen LogP contribution in [-0.2, 0) is 10.0 Å². The van der Waals surface area contributed by atoms with Crippen molar-refractivity contribution < 1.29 is 13.2 Å². The zero-order valence-electron chi connectivity index (χ0n) is 15.0.